The number of nitrogens with zero attached hydrogens (tertiary/aromatic N) is 1. The van der Waals surface area contributed by atoms with E-state index in [1.807, 2.05) is 0 Å². The maximum atomic E-state index is 12.2. The Bertz CT molecular complexity index is 621. The van der Waals surface area contributed by atoms with Gasteiger partial charge in [-0.2, -0.15) is 0 Å². The number of methoxy groups -OCH3 is 1. The molecule has 1 heterocycles. The Labute approximate surface area is 171 Å². The molecule has 0 unspecified atom stereocenters. The molecule has 1 aliphatic heterocycles. The molecule has 0 aromatic heterocycles. The van der Waals surface area contributed by atoms with Crippen LogP contribution < -0.4 is 5.32 Å². The Morgan fingerprint density at radius 2 is 1.90 bits per heavy atom. The third-order valence-corrected chi connectivity index (χ3v) is 4.62. The van der Waals surface area contributed by atoms with E-state index in [-0.39, 0.29) is 37.4 Å². The number of hydrogen-bond donors (Lipinski definition) is 1. The van der Waals surface area contributed by atoms with Gasteiger partial charge in [0.2, 0.25) is 5.90 Å². The number of ether oxygens (including phenoxy) is 4. The number of alkyl carbamates (subject to hydrolysis) is 1. The van der Waals surface area contributed by atoms with E-state index in [0.717, 1.165) is 25.7 Å². The average molecular weight is 412 g/mol. The second kappa shape index (κ2) is 10.5. The second-order valence-corrected chi connectivity index (χ2v) is 8.30. The summed E-state index contributed by atoms with van der Waals surface area (Å²) in [5.41, 5.74) is -0.679. The summed E-state index contributed by atoms with van der Waals surface area (Å²) in [7, 11) is 1.27. The molecule has 0 aromatic carbocycles. The number of rotatable bonds is 7. The van der Waals surface area contributed by atoms with Crippen molar-refractivity contribution in [2.45, 2.75) is 89.5 Å². The molecule has 1 aliphatic carbocycles. The number of amides is 1. The first-order valence-electron chi connectivity index (χ1n) is 10.1. The molecule has 2 atom stereocenters. The molecule has 0 saturated heterocycles. The minimum absolute atomic E-state index is 0.0288. The lowest BCUT2D eigenvalue weighted by Crippen LogP contribution is -2.44. The highest BCUT2D eigenvalue weighted by Gasteiger charge is 2.33. The van der Waals surface area contributed by atoms with Crippen molar-refractivity contribution in [2.24, 2.45) is 4.99 Å². The van der Waals surface area contributed by atoms with Crippen molar-refractivity contribution < 1.29 is 33.3 Å². The summed E-state index contributed by atoms with van der Waals surface area (Å²) in [6.07, 6.45) is 4.71. The van der Waals surface area contributed by atoms with Crippen LogP contribution in [0.15, 0.2) is 4.99 Å². The summed E-state index contributed by atoms with van der Waals surface area (Å²) < 4.78 is 21.0. The number of carbonyl (C=O) groups is 3. The topological polar surface area (TPSA) is 113 Å². The number of carbonyl (C=O) groups excluding carboxylic acids is 3. The minimum atomic E-state index is -0.785. The van der Waals surface area contributed by atoms with Gasteiger partial charge in [0, 0.05) is 6.42 Å². The van der Waals surface area contributed by atoms with Crippen molar-refractivity contribution in [3.63, 3.8) is 0 Å². The molecular weight excluding hydrogens is 380 g/mol. The first-order chi connectivity index (χ1) is 13.7. The zero-order valence-corrected chi connectivity index (χ0v) is 17.7. The highest BCUT2D eigenvalue weighted by molar-refractivity contribution is 5.91. The van der Waals surface area contributed by atoms with Gasteiger partial charge in [0.05, 0.1) is 7.11 Å². The first-order valence-corrected chi connectivity index (χ1v) is 10.1. The normalized spacial score (nSPS) is 20.8. The molecular formula is C20H32N2O7. The van der Waals surface area contributed by atoms with E-state index in [1.165, 1.54) is 13.5 Å². The first kappa shape index (κ1) is 23.0. The Balaban J connectivity index is 1.97. The van der Waals surface area contributed by atoms with Gasteiger partial charge < -0.3 is 24.3 Å². The molecule has 164 valence electrons. The molecule has 29 heavy (non-hydrogen) atoms. The van der Waals surface area contributed by atoms with E-state index in [0.29, 0.717) is 0 Å². The molecule has 0 spiro atoms. The third kappa shape index (κ3) is 7.91. The van der Waals surface area contributed by atoms with Crippen LogP contribution in [0.5, 0.6) is 0 Å². The Morgan fingerprint density at radius 1 is 1.21 bits per heavy atom. The molecule has 1 amide bonds. The SMILES string of the molecule is COC(=O)[C@@H]1COC([C@H](CCC(=O)OC2CCCCC2)NC(=O)OC(C)(C)C)=N1. The zero-order valence-electron chi connectivity index (χ0n) is 17.7. The summed E-state index contributed by atoms with van der Waals surface area (Å²) in [4.78, 5) is 40.3. The van der Waals surface area contributed by atoms with Gasteiger partial charge in [0.1, 0.15) is 24.4 Å². The van der Waals surface area contributed by atoms with E-state index in [1.54, 1.807) is 20.8 Å². The highest BCUT2D eigenvalue weighted by Crippen LogP contribution is 2.21. The van der Waals surface area contributed by atoms with Crippen LogP contribution in [0.25, 0.3) is 0 Å². The molecule has 0 radical (unpaired) electrons. The Kier molecular flexibility index (Phi) is 8.28. The number of hydrogen-bond acceptors (Lipinski definition) is 8. The number of esters is 2. The van der Waals surface area contributed by atoms with Crippen LogP contribution in [0.3, 0.4) is 0 Å². The molecule has 0 bridgehead atoms. The molecule has 9 heteroatoms. The summed E-state index contributed by atoms with van der Waals surface area (Å²) >= 11 is 0. The molecule has 1 fully saturated rings. The molecule has 9 nitrogen and oxygen atoms in total. The van der Waals surface area contributed by atoms with Gasteiger partial charge in [-0.05, 0) is 52.9 Å². The van der Waals surface area contributed by atoms with Crippen LogP contribution in [-0.2, 0) is 28.5 Å². The van der Waals surface area contributed by atoms with Crippen molar-refractivity contribution in [2.75, 3.05) is 13.7 Å². The summed E-state index contributed by atoms with van der Waals surface area (Å²) in [5.74, 6) is -0.666. The largest absolute Gasteiger partial charge is 0.477 e. The van der Waals surface area contributed by atoms with Crippen molar-refractivity contribution in [3.8, 4) is 0 Å². The van der Waals surface area contributed by atoms with Crippen molar-refractivity contribution in [1.82, 2.24) is 5.32 Å². The van der Waals surface area contributed by atoms with Crippen LogP contribution >= 0.6 is 0 Å². The van der Waals surface area contributed by atoms with Gasteiger partial charge in [0.25, 0.3) is 0 Å². The number of nitrogens with one attached hydrogen (secondary N) is 1. The fourth-order valence-corrected chi connectivity index (χ4v) is 3.24. The average Bonchev–Trinajstić information content (AvgIpc) is 3.14. The smallest absolute Gasteiger partial charge is 0.408 e. The number of aliphatic imine (C=N–C) groups is 1. The van der Waals surface area contributed by atoms with Crippen molar-refractivity contribution >= 4 is 23.9 Å². The predicted molar refractivity (Wildman–Crippen MR) is 105 cm³/mol. The summed E-state index contributed by atoms with van der Waals surface area (Å²) in [5, 5.41) is 2.68. The lowest BCUT2D eigenvalue weighted by atomic mass is 9.98. The minimum Gasteiger partial charge on any atom is -0.477 e. The van der Waals surface area contributed by atoms with Crippen molar-refractivity contribution in [3.05, 3.63) is 0 Å². The van der Waals surface area contributed by atoms with Gasteiger partial charge in [-0.25, -0.2) is 14.6 Å². The highest BCUT2D eigenvalue weighted by atomic mass is 16.6. The predicted octanol–water partition coefficient (Wildman–Crippen LogP) is 2.51. The maximum Gasteiger partial charge on any atom is 0.408 e. The maximum absolute atomic E-state index is 12.2. The van der Waals surface area contributed by atoms with Crippen LogP contribution in [0.2, 0.25) is 0 Å². The van der Waals surface area contributed by atoms with Gasteiger partial charge in [0.15, 0.2) is 6.04 Å². The molecule has 2 aliphatic rings. The molecule has 1 N–H and O–H groups in total. The van der Waals surface area contributed by atoms with E-state index in [2.05, 4.69) is 15.0 Å². The van der Waals surface area contributed by atoms with E-state index < -0.39 is 29.7 Å². The van der Waals surface area contributed by atoms with Gasteiger partial charge in [-0.15, -0.1) is 0 Å². The fourth-order valence-electron chi connectivity index (χ4n) is 3.24. The Morgan fingerprint density at radius 3 is 2.52 bits per heavy atom. The molecule has 1 saturated carbocycles. The fraction of sp³-hybridized carbons (Fsp3) is 0.800. The summed E-state index contributed by atoms with van der Waals surface area (Å²) in [6.45, 7) is 5.28. The quantitative estimate of drug-likeness (QED) is 0.505. The molecule has 0 aromatic rings. The van der Waals surface area contributed by atoms with Gasteiger partial charge in [-0.3, -0.25) is 4.79 Å². The van der Waals surface area contributed by atoms with Crippen LogP contribution in [0.1, 0.15) is 65.7 Å². The van der Waals surface area contributed by atoms with Crippen LogP contribution in [-0.4, -0.2) is 61.4 Å². The van der Waals surface area contributed by atoms with Gasteiger partial charge in [-0.1, -0.05) is 6.42 Å². The van der Waals surface area contributed by atoms with Crippen LogP contribution in [0.4, 0.5) is 4.79 Å². The standard InChI is InChI=1S/C20H32N2O7/c1-20(2,3)29-19(25)22-14(17-21-15(12-27-17)18(24)26-4)10-11-16(23)28-13-8-6-5-7-9-13/h13-15H,5-12H2,1-4H3,(H,22,25)/t14-,15-/m0/s1. The zero-order chi connectivity index (χ0) is 21.4. The van der Waals surface area contributed by atoms with Crippen molar-refractivity contribution in [1.29, 1.82) is 0 Å². The monoisotopic (exact) mass is 412 g/mol. The van der Waals surface area contributed by atoms with Crippen LogP contribution in [0, 0.1) is 0 Å². The third-order valence-electron chi connectivity index (χ3n) is 4.62. The summed E-state index contributed by atoms with van der Waals surface area (Å²) in [6, 6.07) is -1.49. The van der Waals surface area contributed by atoms with E-state index in [4.69, 9.17) is 14.2 Å². The lowest BCUT2D eigenvalue weighted by molar-refractivity contribution is -0.150. The van der Waals surface area contributed by atoms with E-state index >= 15 is 0 Å². The lowest BCUT2D eigenvalue weighted by Gasteiger charge is -2.24. The Hall–Kier alpha value is -2.32. The molecule has 2 rings (SSSR count). The second-order valence-electron chi connectivity index (χ2n) is 8.30. The van der Waals surface area contributed by atoms with Gasteiger partial charge >= 0.3 is 18.0 Å². The van der Waals surface area contributed by atoms with E-state index in [9.17, 15) is 14.4 Å².